The number of fused-ring (bicyclic) bond motifs is 1. The van der Waals surface area contributed by atoms with E-state index in [2.05, 4.69) is 38.8 Å². The van der Waals surface area contributed by atoms with Gasteiger partial charge in [-0.25, -0.2) is 4.79 Å². The zero-order chi connectivity index (χ0) is 29.3. The first-order valence-corrected chi connectivity index (χ1v) is 15.0. The van der Waals surface area contributed by atoms with Crippen molar-refractivity contribution in [1.29, 1.82) is 0 Å². The van der Waals surface area contributed by atoms with Crippen LogP contribution in [0.1, 0.15) is 11.1 Å². The highest BCUT2D eigenvalue weighted by atomic mass is 32.2. The molecular weight excluding hydrogens is 554 g/mol. The first-order chi connectivity index (χ1) is 20.3. The summed E-state index contributed by atoms with van der Waals surface area (Å²) in [5, 5.41) is 1.21. The fraction of sp³-hybridized carbons (Fsp3) is 0.194. The van der Waals surface area contributed by atoms with Gasteiger partial charge in [0.25, 0.3) is 5.56 Å². The van der Waals surface area contributed by atoms with E-state index in [1.165, 1.54) is 34.1 Å². The largest absolute Gasteiger partial charge is 0.379 e. The van der Waals surface area contributed by atoms with Gasteiger partial charge in [-0.15, -0.1) is 0 Å². The molecule has 10 nitrogen and oxygen atoms in total. The Hall–Kier alpha value is -4.90. The van der Waals surface area contributed by atoms with Crippen LogP contribution in [-0.2, 0) is 16.7 Å². The smallest absolute Gasteiger partial charge is 0.339 e. The van der Waals surface area contributed by atoms with Crippen molar-refractivity contribution in [3.63, 3.8) is 0 Å². The summed E-state index contributed by atoms with van der Waals surface area (Å²) in [6.45, 7) is 5.06. The van der Waals surface area contributed by atoms with E-state index >= 15 is 0 Å². The van der Waals surface area contributed by atoms with Gasteiger partial charge in [0.15, 0.2) is 0 Å². The van der Waals surface area contributed by atoms with Crippen LogP contribution in [0.4, 0.5) is 11.5 Å². The molecule has 6 rings (SSSR count). The zero-order valence-electron chi connectivity index (χ0n) is 22.9. The molecule has 214 valence electrons. The van der Waals surface area contributed by atoms with Crippen molar-refractivity contribution in [2.75, 3.05) is 36.0 Å². The number of piperazine rings is 1. The van der Waals surface area contributed by atoms with Gasteiger partial charge in [-0.1, -0.05) is 42.5 Å². The van der Waals surface area contributed by atoms with E-state index in [-0.39, 0.29) is 17.2 Å². The van der Waals surface area contributed by atoms with Crippen molar-refractivity contribution >= 4 is 32.4 Å². The first-order valence-electron chi connectivity index (χ1n) is 13.5. The lowest BCUT2D eigenvalue weighted by Crippen LogP contribution is -2.49. The minimum atomic E-state index is -4.11. The van der Waals surface area contributed by atoms with Crippen molar-refractivity contribution in [1.82, 2.24) is 14.5 Å². The summed E-state index contributed by atoms with van der Waals surface area (Å²) < 4.78 is 33.1. The number of H-pyrrole nitrogens is 1. The molecule has 42 heavy (non-hydrogen) atoms. The Bertz CT molecular complexity index is 1970. The van der Waals surface area contributed by atoms with Gasteiger partial charge in [0.05, 0.1) is 6.54 Å². The predicted octanol–water partition coefficient (Wildman–Crippen LogP) is 3.54. The maximum absolute atomic E-state index is 13.1. The normalized spacial score (nSPS) is 13.8. The van der Waals surface area contributed by atoms with E-state index in [1.807, 2.05) is 12.1 Å². The second kappa shape index (κ2) is 11.2. The van der Waals surface area contributed by atoms with Crippen molar-refractivity contribution in [2.45, 2.75) is 18.4 Å². The number of para-hydroxylation sites is 1. The zero-order valence-corrected chi connectivity index (χ0v) is 23.8. The number of rotatable bonds is 7. The van der Waals surface area contributed by atoms with Crippen LogP contribution in [0.5, 0.6) is 5.75 Å². The highest BCUT2D eigenvalue weighted by Gasteiger charge is 2.23. The Morgan fingerprint density at radius 1 is 0.881 bits per heavy atom. The van der Waals surface area contributed by atoms with Crippen LogP contribution in [0.25, 0.3) is 10.8 Å². The van der Waals surface area contributed by atoms with Crippen LogP contribution >= 0.6 is 0 Å². The molecular formula is C31H29N5O5S. The summed E-state index contributed by atoms with van der Waals surface area (Å²) in [5.74, 6) is 0.688. The average Bonchev–Trinajstić information content (AvgIpc) is 2.99. The van der Waals surface area contributed by atoms with Crippen molar-refractivity contribution in [3.05, 3.63) is 123 Å². The molecule has 1 fully saturated rings. The van der Waals surface area contributed by atoms with Crippen molar-refractivity contribution in [2.24, 2.45) is 0 Å². The summed E-state index contributed by atoms with van der Waals surface area (Å²) in [6.07, 6.45) is 3.13. The van der Waals surface area contributed by atoms with Gasteiger partial charge < -0.3 is 14.0 Å². The molecule has 0 bridgehead atoms. The Morgan fingerprint density at radius 2 is 1.62 bits per heavy atom. The van der Waals surface area contributed by atoms with E-state index in [0.717, 1.165) is 18.7 Å². The molecule has 0 atom stereocenters. The molecule has 0 saturated carbocycles. The second-order valence-electron chi connectivity index (χ2n) is 10.2. The Kier molecular flexibility index (Phi) is 7.26. The summed E-state index contributed by atoms with van der Waals surface area (Å²) in [6, 6.07) is 22.8. The van der Waals surface area contributed by atoms with Gasteiger partial charge >= 0.3 is 15.8 Å². The van der Waals surface area contributed by atoms with Crippen LogP contribution in [-0.4, -0.2) is 49.1 Å². The molecule has 3 heterocycles. The number of nitrogens with zero attached hydrogens (tertiary/aromatic N) is 4. The fourth-order valence-corrected chi connectivity index (χ4v) is 6.49. The Labute approximate surface area is 242 Å². The van der Waals surface area contributed by atoms with Gasteiger partial charge in [-0.05, 0) is 48.4 Å². The molecule has 0 aliphatic carbocycles. The standard InChI is InChI=1S/C31H29N5O5S/c1-22-5-2-3-7-27(22)34-15-17-35(18-16-34)30-19-29(37)33-31(38)36(30)21-23-9-11-25(12-10-23)41-42(39,40)28-8-4-6-24-20-32-14-13-26(24)28/h2-14,19-20H,15-18,21H2,1H3,(H,33,37,38). The quantitative estimate of drug-likeness (QED) is 0.289. The molecule has 1 N–H and O–H groups in total. The molecule has 3 aromatic carbocycles. The minimum absolute atomic E-state index is 0.0541. The topological polar surface area (TPSA) is 118 Å². The highest BCUT2D eigenvalue weighted by Crippen LogP contribution is 2.26. The SMILES string of the molecule is Cc1ccccc1N1CCN(c2cc(=O)[nH]c(=O)n2Cc2ccc(OS(=O)(=O)c3cccc4cnccc34)cc2)CC1. The lowest BCUT2D eigenvalue weighted by molar-refractivity contribution is 0.487. The van der Waals surface area contributed by atoms with Crippen LogP contribution in [0.3, 0.4) is 0 Å². The molecule has 11 heteroatoms. The van der Waals surface area contributed by atoms with Crippen LogP contribution < -0.4 is 25.2 Å². The van der Waals surface area contributed by atoms with E-state index in [0.29, 0.717) is 29.7 Å². The molecule has 0 spiro atoms. The number of pyridine rings is 1. The van der Waals surface area contributed by atoms with Gasteiger partial charge in [0.2, 0.25) is 0 Å². The van der Waals surface area contributed by atoms with E-state index in [4.69, 9.17) is 4.18 Å². The van der Waals surface area contributed by atoms with Gasteiger partial charge in [-0.3, -0.25) is 19.3 Å². The van der Waals surface area contributed by atoms with Crippen molar-refractivity contribution in [3.8, 4) is 5.75 Å². The molecule has 5 aromatic rings. The van der Waals surface area contributed by atoms with E-state index < -0.39 is 21.4 Å². The molecule has 0 unspecified atom stereocenters. The third-order valence-electron chi connectivity index (χ3n) is 7.45. The lowest BCUT2D eigenvalue weighted by atomic mass is 10.1. The second-order valence-corrected chi connectivity index (χ2v) is 11.7. The monoisotopic (exact) mass is 583 g/mol. The number of hydrogen-bond acceptors (Lipinski definition) is 8. The van der Waals surface area contributed by atoms with Gasteiger partial charge in [0.1, 0.15) is 16.5 Å². The van der Waals surface area contributed by atoms with Gasteiger partial charge in [-0.2, -0.15) is 8.42 Å². The number of aromatic amines is 1. The van der Waals surface area contributed by atoms with Crippen LogP contribution in [0, 0.1) is 6.92 Å². The highest BCUT2D eigenvalue weighted by molar-refractivity contribution is 7.87. The van der Waals surface area contributed by atoms with E-state index in [1.54, 1.807) is 48.7 Å². The fourth-order valence-electron chi connectivity index (χ4n) is 5.33. The number of benzene rings is 3. The molecule has 1 aliphatic heterocycles. The summed E-state index contributed by atoms with van der Waals surface area (Å²) in [7, 11) is -4.11. The Morgan fingerprint density at radius 3 is 2.38 bits per heavy atom. The number of aromatic nitrogens is 3. The molecule has 0 amide bonds. The summed E-state index contributed by atoms with van der Waals surface area (Å²) in [5.41, 5.74) is 2.17. The lowest BCUT2D eigenvalue weighted by Gasteiger charge is -2.38. The van der Waals surface area contributed by atoms with Gasteiger partial charge in [0, 0.05) is 61.1 Å². The molecule has 1 saturated heterocycles. The Balaban J connectivity index is 1.20. The number of nitrogens with one attached hydrogen (secondary N) is 1. The summed E-state index contributed by atoms with van der Waals surface area (Å²) in [4.78, 5) is 36.0. The third-order valence-corrected chi connectivity index (χ3v) is 8.76. The first kappa shape index (κ1) is 27.3. The number of aryl methyl sites for hydroxylation is 1. The average molecular weight is 584 g/mol. The van der Waals surface area contributed by atoms with Crippen molar-refractivity contribution < 1.29 is 12.6 Å². The third kappa shape index (κ3) is 5.51. The minimum Gasteiger partial charge on any atom is -0.379 e. The molecule has 0 radical (unpaired) electrons. The van der Waals surface area contributed by atoms with Crippen LogP contribution in [0.2, 0.25) is 0 Å². The molecule has 1 aliphatic rings. The predicted molar refractivity (Wildman–Crippen MR) is 162 cm³/mol. The van der Waals surface area contributed by atoms with E-state index in [9.17, 15) is 18.0 Å². The maximum atomic E-state index is 13.1. The maximum Gasteiger partial charge on any atom is 0.339 e. The number of anilines is 2. The molecule has 2 aromatic heterocycles. The number of hydrogen-bond donors (Lipinski definition) is 1. The summed E-state index contributed by atoms with van der Waals surface area (Å²) >= 11 is 0. The van der Waals surface area contributed by atoms with Crippen LogP contribution in [0.15, 0.2) is 106 Å².